The van der Waals surface area contributed by atoms with Crippen LogP contribution in [0.4, 0.5) is 0 Å². The van der Waals surface area contributed by atoms with Gasteiger partial charge in [-0.1, -0.05) is 6.07 Å². The summed E-state index contributed by atoms with van der Waals surface area (Å²) >= 11 is 0. The molecule has 0 aliphatic heterocycles. The lowest BCUT2D eigenvalue weighted by Crippen LogP contribution is -2.22. The molecule has 0 spiro atoms. The van der Waals surface area contributed by atoms with Crippen molar-refractivity contribution in [3.05, 3.63) is 28.8 Å². The van der Waals surface area contributed by atoms with Crippen molar-refractivity contribution in [3.8, 4) is 5.75 Å². The van der Waals surface area contributed by atoms with Gasteiger partial charge in [-0.3, -0.25) is 0 Å². The Kier molecular flexibility index (Phi) is 5.45. The van der Waals surface area contributed by atoms with Gasteiger partial charge in [0.05, 0.1) is 13.7 Å². The summed E-state index contributed by atoms with van der Waals surface area (Å²) in [5.41, 5.74) is 3.84. The first-order chi connectivity index (χ1) is 8.15. The quantitative estimate of drug-likeness (QED) is 0.823. The molecule has 96 valence electrons. The van der Waals surface area contributed by atoms with Crippen molar-refractivity contribution < 1.29 is 9.47 Å². The van der Waals surface area contributed by atoms with Crippen molar-refractivity contribution in [1.29, 1.82) is 0 Å². The Morgan fingerprint density at radius 3 is 2.41 bits per heavy atom. The van der Waals surface area contributed by atoms with Crippen LogP contribution in [0.25, 0.3) is 0 Å². The number of likely N-dealkylation sites (N-methyl/N-ethyl adjacent to an activating group) is 1. The summed E-state index contributed by atoms with van der Waals surface area (Å²) in [6, 6.07) is 4.18. The third kappa shape index (κ3) is 3.20. The third-order valence-electron chi connectivity index (χ3n) is 3.26. The smallest absolute Gasteiger partial charge is 0.122 e. The zero-order valence-electron chi connectivity index (χ0n) is 11.5. The van der Waals surface area contributed by atoms with Crippen molar-refractivity contribution >= 4 is 0 Å². The Labute approximate surface area is 104 Å². The molecule has 1 N–H and O–H groups in total. The highest BCUT2D eigenvalue weighted by molar-refractivity contribution is 5.45. The van der Waals surface area contributed by atoms with E-state index in [1.54, 1.807) is 14.2 Å². The number of hydrogen-bond donors (Lipinski definition) is 1. The Hall–Kier alpha value is -1.06. The van der Waals surface area contributed by atoms with Crippen LogP contribution in [0.1, 0.15) is 22.6 Å². The van der Waals surface area contributed by atoms with Gasteiger partial charge in [-0.25, -0.2) is 0 Å². The van der Waals surface area contributed by atoms with Crippen LogP contribution < -0.4 is 10.1 Å². The second-order valence-corrected chi connectivity index (χ2v) is 4.32. The molecule has 0 heterocycles. The summed E-state index contributed by atoms with van der Waals surface area (Å²) in [6.07, 6.45) is 0. The van der Waals surface area contributed by atoms with Crippen LogP contribution in [-0.4, -0.2) is 34.4 Å². The fourth-order valence-corrected chi connectivity index (χ4v) is 2.19. The monoisotopic (exact) mass is 237 g/mol. The summed E-state index contributed by atoms with van der Waals surface area (Å²) in [5.74, 6) is 1.33. The van der Waals surface area contributed by atoms with E-state index in [9.17, 15) is 0 Å². The first-order valence-electron chi connectivity index (χ1n) is 5.93. The lowest BCUT2D eigenvalue weighted by Gasteiger charge is -2.20. The molecule has 1 unspecified atom stereocenters. The maximum Gasteiger partial charge on any atom is 0.122 e. The lowest BCUT2D eigenvalue weighted by atomic mass is 9.92. The van der Waals surface area contributed by atoms with Gasteiger partial charge in [0.25, 0.3) is 0 Å². The Bertz CT molecular complexity index is 357. The lowest BCUT2D eigenvalue weighted by molar-refractivity contribution is 0.178. The number of benzene rings is 1. The molecule has 1 aromatic carbocycles. The zero-order chi connectivity index (χ0) is 12.8. The summed E-state index contributed by atoms with van der Waals surface area (Å²) in [6.45, 7) is 5.89. The Balaban J connectivity index is 3.07. The highest BCUT2D eigenvalue weighted by Crippen LogP contribution is 2.28. The van der Waals surface area contributed by atoms with Crippen molar-refractivity contribution in [2.45, 2.75) is 19.8 Å². The molecule has 0 fully saturated rings. The van der Waals surface area contributed by atoms with E-state index >= 15 is 0 Å². The highest BCUT2D eigenvalue weighted by atomic mass is 16.5. The van der Waals surface area contributed by atoms with Crippen LogP contribution in [0, 0.1) is 13.8 Å². The van der Waals surface area contributed by atoms with Crippen LogP contribution in [-0.2, 0) is 4.74 Å². The first-order valence-corrected chi connectivity index (χ1v) is 5.93. The van der Waals surface area contributed by atoms with E-state index in [0.717, 1.165) is 18.9 Å². The van der Waals surface area contributed by atoms with Crippen LogP contribution in [0.3, 0.4) is 0 Å². The third-order valence-corrected chi connectivity index (χ3v) is 3.26. The molecular weight excluding hydrogens is 214 g/mol. The van der Waals surface area contributed by atoms with Gasteiger partial charge in [0.2, 0.25) is 0 Å². The van der Waals surface area contributed by atoms with Gasteiger partial charge in [0.1, 0.15) is 5.75 Å². The maximum atomic E-state index is 5.33. The van der Waals surface area contributed by atoms with Crippen molar-refractivity contribution in [2.75, 3.05) is 34.4 Å². The van der Waals surface area contributed by atoms with Crippen molar-refractivity contribution in [2.24, 2.45) is 0 Å². The number of nitrogens with one attached hydrogen (secondary N) is 1. The van der Waals surface area contributed by atoms with Gasteiger partial charge in [-0.05, 0) is 43.7 Å². The largest absolute Gasteiger partial charge is 0.496 e. The minimum Gasteiger partial charge on any atom is -0.496 e. The molecule has 0 amide bonds. The molecule has 0 bridgehead atoms. The number of methoxy groups -OCH3 is 2. The Morgan fingerprint density at radius 2 is 1.88 bits per heavy atom. The fraction of sp³-hybridized carbons (Fsp3) is 0.571. The number of hydrogen-bond acceptors (Lipinski definition) is 3. The zero-order valence-corrected chi connectivity index (χ0v) is 11.5. The molecule has 3 nitrogen and oxygen atoms in total. The van der Waals surface area contributed by atoms with Gasteiger partial charge in [0.15, 0.2) is 0 Å². The SMILES string of the molecule is CNCC(COC)c1ccc(OC)c(C)c1C. The maximum absolute atomic E-state index is 5.33. The minimum absolute atomic E-state index is 0.384. The summed E-state index contributed by atoms with van der Waals surface area (Å²) < 4.78 is 10.6. The van der Waals surface area contributed by atoms with E-state index in [1.807, 2.05) is 13.1 Å². The molecule has 0 radical (unpaired) electrons. The van der Waals surface area contributed by atoms with Crippen molar-refractivity contribution in [1.82, 2.24) is 5.32 Å². The van der Waals surface area contributed by atoms with E-state index in [-0.39, 0.29) is 0 Å². The number of ether oxygens (including phenoxy) is 2. The van der Waals surface area contributed by atoms with Gasteiger partial charge < -0.3 is 14.8 Å². The average molecular weight is 237 g/mol. The molecule has 1 rings (SSSR count). The summed E-state index contributed by atoms with van der Waals surface area (Å²) in [4.78, 5) is 0. The van der Waals surface area contributed by atoms with Crippen molar-refractivity contribution in [3.63, 3.8) is 0 Å². The van der Waals surface area contributed by atoms with Crippen LogP contribution in [0.2, 0.25) is 0 Å². The van der Waals surface area contributed by atoms with Gasteiger partial charge in [0, 0.05) is 19.6 Å². The summed E-state index contributed by atoms with van der Waals surface area (Å²) in [7, 11) is 5.42. The van der Waals surface area contributed by atoms with E-state index < -0.39 is 0 Å². The predicted molar refractivity (Wildman–Crippen MR) is 71.0 cm³/mol. The highest BCUT2D eigenvalue weighted by Gasteiger charge is 2.15. The molecule has 1 atom stereocenters. The molecule has 0 saturated carbocycles. The molecule has 1 aromatic rings. The predicted octanol–water partition coefficient (Wildman–Crippen LogP) is 2.26. The summed E-state index contributed by atoms with van der Waals surface area (Å²) in [5, 5.41) is 3.22. The Morgan fingerprint density at radius 1 is 1.18 bits per heavy atom. The topological polar surface area (TPSA) is 30.5 Å². The second kappa shape index (κ2) is 6.62. The standard InChI is InChI=1S/C14H23NO2/c1-10-11(2)14(17-5)7-6-13(10)12(8-15-3)9-16-4/h6-7,12,15H,8-9H2,1-5H3. The van der Waals surface area contributed by atoms with Crippen LogP contribution in [0.15, 0.2) is 12.1 Å². The van der Waals surface area contributed by atoms with E-state index in [4.69, 9.17) is 9.47 Å². The van der Waals surface area contributed by atoms with E-state index in [0.29, 0.717) is 5.92 Å². The van der Waals surface area contributed by atoms with Gasteiger partial charge >= 0.3 is 0 Å². The average Bonchev–Trinajstić information content (AvgIpc) is 2.32. The van der Waals surface area contributed by atoms with E-state index in [1.165, 1.54) is 16.7 Å². The molecule has 0 saturated heterocycles. The van der Waals surface area contributed by atoms with Crippen LogP contribution >= 0.6 is 0 Å². The van der Waals surface area contributed by atoms with E-state index in [2.05, 4.69) is 25.2 Å². The van der Waals surface area contributed by atoms with Gasteiger partial charge in [-0.15, -0.1) is 0 Å². The normalized spacial score (nSPS) is 12.5. The molecular formula is C14H23NO2. The second-order valence-electron chi connectivity index (χ2n) is 4.32. The first kappa shape index (κ1) is 14.0. The molecule has 17 heavy (non-hydrogen) atoms. The fourth-order valence-electron chi connectivity index (χ4n) is 2.19. The molecule has 3 heteroatoms. The van der Waals surface area contributed by atoms with Crippen LogP contribution in [0.5, 0.6) is 5.75 Å². The van der Waals surface area contributed by atoms with Gasteiger partial charge in [-0.2, -0.15) is 0 Å². The molecule has 0 aromatic heterocycles. The minimum atomic E-state index is 0.384. The molecule has 0 aliphatic carbocycles. The molecule has 0 aliphatic rings. The number of rotatable bonds is 6.